The average Bonchev–Trinajstić information content (AvgIpc) is 3.47. The zero-order chi connectivity index (χ0) is 19.4. The second kappa shape index (κ2) is 6.09. The van der Waals surface area contributed by atoms with E-state index in [0.717, 1.165) is 18.4 Å². The van der Waals surface area contributed by atoms with Gasteiger partial charge in [-0.15, -0.1) is 0 Å². The summed E-state index contributed by atoms with van der Waals surface area (Å²) in [5.74, 6) is -1.38. The Labute approximate surface area is 160 Å². The molecule has 2 aromatic carbocycles. The zero-order valence-electron chi connectivity index (χ0n) is 15.1. The lowest BCUT2D eigenvalue weighted by molar-refractivity contribution is -0.143. The second-order valence-electron chi connectivity index (χ2n) is 7.45. The second-order valence-corrected chi connectivity index (χ2v) is 7.45. The average molecular weight is 377 g/mol. The van der Waals surface area contributed by atoms with Crippen LogP contribution in [0.1, 0.15) is 46.4 Å². The molecule has 0 bridgehead atoms. The molecule has 1 unspecified atom stereocenters. The topological polar surface area (TPSA) is 95.4 Å². The third-order valence-corrected chi connectivity index (χ3v) is 5.65. The molecule has 1 saturated carbocycles. The molecule has 7 nitrogen and oxygen atoms in total. The summed E-state index contributed by atoms with van der Waals surface area (Å²) in [4.78, 5) is 41.7. The Morgan fingerprint density at radius 3 is 2.64 bits per heavy atom. The minimum atomic E-state index is -1.04. The molecule has 142 valence electrons. The van der Waals surface area contributed by atoms with Crippen molar-refractivity contribution in [2.24, 2.45) is 0 Å². The Balaban J connectivity index is 1.56. The molecular weight excluding hydrogens is 358 g/mol. The van der Waals surface area contributed by atoms with Crippen LogP contribution in [0.4, 0.5) is 0 Å². The largest absolute Gasteiger partial charge is 0.479 e. The Hall–Kier alpha value is -3.35. The highest BCUT2D eigenvalue weighted by Gasteiger charge is 2.36. The summed E-state index contributed by atoms with van der Waals surface area (Å²) in [6, 6.07) is 11.6. The number of hydrogen-bond acceptors (Lipinski definition) is 3. The van der Waals surface area contributed by atoms with E-state index in [4.69, 9.17) is 0 Å². The number of nitrogens with zero attached hydrogens (tertiary/aromatic N) is 2. The Kier molecular flexibility index (Phi) is 3.65. The molecule has 1 amide bonds. The maximum atomic E-state index is 13.2. The lowest BCUT2D eigenvalue weighted by atomic mass is 9.92. The maximum Gasteiger partial charge on any atom is 0.331 e. The van der Waals surface area contributed by atoms with Gasteiger partial charge in [0.1, 0.15) is 0 Å². The first-order chi connectivity index (χ1) is 13.5. The number of carboxylic acids is 1. The summed E-state index contributed by atoms with van der Waals surface area (Å²) in [5, 5.41) is 9.81. The van der Waals surface area contributed by atoms with Gasteiger partial charge in [0.15, 0.2) is 6.04 Å². The van der Waals surface area contributed by atoms with Crippen molar-refractivity contribution in [3.05, 3.63) is 69.6 Å². The van der Waals surface area contributed by atoms with E-state index >= 15 is 0 Å². The van der Waals surface area contributed by atoms with Gasteiger partial charge in [-0.05, 0) is 48.6 Å². The monoisotopic (exact) mass is 377 g/mol. The van der Waals surface area contributed by atoms with Crippen LogP contribution in [0, 0.1) is 0 Å². The Morgan fingerprint density at radius 1 is 1.11 bits per heavy atom. The van der Waals surface area contributed by atoms with E-state index in [0.29, 0.717) is 35.1 Å². The van der Waals surface area contributed by atoms with Crippen molar-refractivity contribution in [3.8, 4) is 0 Å². The number of imidazole rings is 1. The number of carbonyl (C=O) groups excluding carboxylic acids is 1. The molecule has 28 heavy (non-hydrogen) atoms. The summed E-state index contributed by atoms with van der Waals surface area (Å²) < 4.78 is 1.70. The quantitative estimate of drug-likeness (QED) is 0.733. The number of aliphatic carboxylic acids is 1. The van der Waals surface area contributed by atoms with Crippen LogP contribution in [-0.2, 0) is 11.2 Å². The molecule has 1 fully saturated rings. The summed E-state index contributed by atoms with van der Waals surface area (Å²) in [6.07, 6.45) is 2.52. The Bertz CT molecular complexity index is 1170. The number of carbonyl (C=O) groups is 2. The van der Waals surface area contributed by atoms with Gasteiger partial charge in [0.2, 0.25) is 0 Å². The fraction of sp³-hybridized carbons (Fsp3) is 0.286. The summed E-state index contributed by atoms with van der Waals surface area (Å²) in [7, 11) is 0. The lowest BCUT2D eigenvalue weighted by Crippen LogP contribution is -2.43. The molecule has 1 aromatic heterocycles. The molecule has 0 saturated heterocycles. The molecule has 3 aromatic rings. The van der Waals surface area contributed by atoms with Gasteiger partial charge in [0, 0.05) is 18.2 Å². The van der Waals surface area contributed by atoms with Gasteiger partial charge in [0.25, 0.3) is 5.91 Å². The van der Waals surface area contributed by atoms with E-state index in [1.54, 1.807) is 34.9 Å². The van der Waals surface area contributed by atoms with Crippen LogP contribution in [-0.4, -0.2) is 38.0 Å². The molecule has 1 aliphatic carbocycles. The van der Waals surface area contributed by atoms with Crippen LogP contribution >= 0.6 is 0 Å². The molecule has 0 spiro atoms. The highest BCUT2D eigenvalue weighted by molar-refractivity contribution is 5.99. The van der Waals surface area contributed by atoms with Gasteiger partial charge < -0.3 is 15.0 Å². The predicted molar refractivity (Wildman–Crippen MR) is 102 cm³/mol. The molecule has 1 aliphatic heterocycles. The number of H-pyrrole nitrogens is 1. The van der Waals surface area contributed by atoms with Crippen molar-refractivity contribution < 1.29 is 14.7 Å². The number of nitrogens with one attached hydrogen (secondary N) is 1. The molecule has 5 rings (SSSR count). The van der Waals surface area contributed by atoms with E-state index in [2.05, 4.69) is 4.98 Å². The molecule has 2 N–H and O–H groups in total. The molecule has 1 atom stereocenters. The van der Waals surface area contributed by atoms with Crippen LogP contribution in [0.15, 0.2) is 47.3 Å². The third kappa shape index (κ3) is 2.54. The van der Waals surface area contributed by atoms with Gasteiger partial charge in [-0.1, -0.05) is 24.3 Å². The van der Waals surface area contributed by atoms with Crippen LogP contribution < -0.4 is 5.69 Å². The first-order valence-electron chi connectivity index (χ1n) is 9.40. The van der Waals surface area contributed by atoms with Crippen molar-refractivity contribution in [1.82, 2.24) is 14.5 Å². The van der Waals surface area contributed by atoms with Crippen LogP contribution in [0.2, 0.25) is 0 Å². The molecular formula is C21H19N3O4. The minimum absolute atomic E-state index is 0.169. The number of amides is 1. The van der Waals surface area contributed by atoms with Crippen molar-refractivity contribution in [2.45, 2.75) is 31.3 Å². The van der Waals surface area contributed by atoms with E-state index in [9.17, 15) is 19.5 Å². The molecule has 2 heterocycles. The van der Waals surface area contributed by atoms with Gasteiger partial charge in [-0.3, -0.25) is 9.36 Å². The maximum absolute atomic E-state index is 13.2. The van der Waals surface area contributed by atoms with Crippen LogP contribution in [0.5, 0.6) is 0 Å². The highest BCUT2D eigenvalue weighted by Crippen LogP contribution is 2.36. The van der Waals surface area contributed by atoms with E-state index in [1.807, 2.05) is 12.1 Å². The normalized spacial score (nSPS) is 18.9. The number of fused-ring (bicyclic) bond motifs is 2. The summed E-state index contributed by atoms with van der Waals surface area (Å²) >= 11 is 0. The number of aromatic amines is 1. The Morgan fingerprint density at radius 2 is 1.89 bits per heavy atom. The number of benzene rings is 2. The van der Waals surface area contributed by atoms with Crippen molar-refractivity contribution in [3.63, 3.8) is 0 Å². The van der Waals surface area contributed by atoms with Gasteiger partial charge in [0.05, 0.1) is 11.0 Å². The number of hydrogen-bond donors (Lipinski definition) is 2. The van der Waals surface area contributed by atoms with Crippen molar-refractivity contribution >= 4 is 22.9 Å². The number of carboxylic acid groups (broad SMARTS) is 1. The van der Waals surface area contributed by atoms with Crippen molar-refractivity contribution in [2.75, 3.05) is 6.54 Å². The fourth-order valence-electron chi connectivity index (χ4n) is 4.17. The zero-order valence-corrected chi connectivity index (χ0v) is 15.1. The first-order valence-corrected chi connectivity index (χ1v) is 9.40. The van der Waals surface area contributed by atoms with E-state index < -0.39 is 12.0 Å². The summed E-state index contributed by atoms with van der Waals surface area (Å²) in [5.41, 5.74) is 3.23. The standard InChI is InChI=1S/C21H19N3O4/c25-19(23-10-9-12-3-1-2-4-15(12)18(23)20(26)27)13-5-8-16-17(11-13)24(14-6-7-14)21(28)22-16/h1-5,8,11,14,18H,6-7,9-10H2,(H,22,28)(H,26,27). The minimum Gasteiger partial charge on any atom is -0.479 e. The predicted octanol–water partition coefficient (Wildman–Crippen LogP) is 2.49. The smallest absolute Gasteiger partial charge is 0.331 e. The lowest BCUT2D eigenvalue weighted by Gasteiger charge is -2.34. The third-order valence-electron chi connectivity index (χ3n) is 5.65. The van der Waals surface area contributed by atoms with Gasteiger partial charge in [-0.2, -0.15) is 0 Å². The molecule has 0 radical (unpaired) electrons. The first kappa shape index (κ1) is 16.8. The van der Waals surface area contributed by atoms with Gasteiger partial charge in [-0.25, -0.2) is 9.59 Å². The fourth-order valence-corrected chi connectivity index (χ4v) is 4.17. The molecule has 2 aliphatic rings. The SMILES string of the molecule is O=C(O)C1c2ccccc2CCN1C(=O)c1ccc2[nH]c(=O)n(C3CC3)c2c1. The van der Waals surface area contributed by atoms with Crippen molar-refractivity contribution in [1.29, 1.82) is 0 Å². The van der Waals surface area contributed by atoms with E-state index in [1.165, 1.54) is 4.90 Å². The van der Waals surface area contributed by atoms with Crippen LogP contribution in [0.25, 0.3) is 11.0 Å². The highest BCUT2D eigenvalue weighted by atomic mass is 16.4. The summed E-state index contributed by atoms with van der Waals surface area (Å²) in [6.45, 7) is 0.341. The molecule has 7 heteroatoms. The van der Waals surface area contributed by atoms with Gasteiger partial charge >= 0.3 is 11.7 Å². The number of aromatic nitrogens is 2. The van der Waals surface area contributed by atoms with E-state index in [-0.39, 0.29) is 17.6 Å². The van der Waals surface area contributed by atoms with Crippen LogP contribution in [0.3, 0.4) is 0 Å². The number of rotatable bonds is 3.